The molecule has 1 N–H and O–H groups in total. The monoisotopic (exact) mass is 339 g/mol. The molecule has 128 valence electrons. The lowest BCUT2D eigenvalue weighted by Crippen LogP contribution is -2.23. The Morgan fingerprint density at radius 2 is 1.68 bits per heavy atom. The first kappa shape index (κ1) is 17.9. The van der Waals surface area contributed by atoms with Gasteiger partial charge in [0.2, 0.25) is 5.91 Å². The second kappa shape index (κ2) is 7.87. The van der Waals surface area contributed by atoms with Gasteiger partial charge in [-0.2, -0.15) is 0 Å². The highest BCUT2D eigenvalue weighted by Crippen LogP contribution is 2.19. The Hall–Kier alpha value is -3.48. The summed E-state index contributed by atoms with van der Waals surface area (Å²) in [6.45, 7) is 1.43. The molecule has 2 rings (SSSR count). The van der Waals surface area contributed by atoms with Gasteiger partial charge in [-0.05, 0) is 35.9 Å². The van der Waals surface area contributed by atoms with Crippen molar-refractivity contribution in [3.63, 3.8) is 0 Å². The molecule has 0 aliphatic heterocycles. The van der Waals surface area contributed by atoms with E-state index in [1.54, 1.807) is 37.4 Å². The normalized spacial score (nSPS) is 10.5. The quantitative estimate of drug-likeness (QED) is 0.514. The number of rotatable bonds is 5. The van der Waals surface area contributed by atoms with Crippen LogP contribution in [0.25, 0.3) is 6.08 Å². The van der Waals surface area contributed by atoms with Crippen molar-refractivity contribution in [3.05, 3.63) is 70.3 Å². The summed E-state index contributed by atoms with van der Waals surface area (Å²) in [6, 6.07) is 12.8. The summed E-state index contributed by atoms with van der Waals surface area (Å²) in [4.78, 5) is 34.7. The molecule has 0 aliphatic rings. The summed E-state index contributed by atoms with van der Waals surface area (Å²) in [7, 11) is 1.59. The van der Waals surface area contributed by atoms with Crippen molar-refractivity contribution in [1.82, 2.24) is 0 Å². The fraction of sp³-hybridized carbons (Fsp3) is 0.111. The van der Waals surface area contributed by atoms with Crippen LogP contribution >= 0.6 is 0 Å². The van der Waals surface area contributed by atoms with E-state index in [4.69, 9.17) is 0 Å². The summed E-state index contributed by atoms with van der Waals surface area (Å²) < 4.78 is 0. The van der Waals surface area contributed by atoms with E-state index in [1.807, 2.05) is 0 Å². The zero-order chi connectivity index (χ0) is 18.4. The van der Waals surface area contributed by atoms with E-state index in [0.717, 1.165) is 5.56 Å². The summed E-state index contributed by atoms with van der Waals surface area (Å²) in [6.07, 6.45) is 3.07. The van der Waals surface area contributed by atoms with E-state index >= 15 is 0 Å². The van der Waals surface area contributed by atoms with Crippen molar-refractivity contribution in [2.75, 3.05) is 17.3 Å². The summed E-state index contributed by atoms with van der Waals surface area (Å²) in [5, 5.41) is 13.3. The Kier molecular flexibility index (Phi) is 5.62. The number of non-ortho nitro benzene ring substituents is 1. The van der Waals surface area contributed by atoms with Crippen LogP contribution in [0.3, 0.4) is 0 Å². The Bertz CT molecular complexity index is 811. The number of hydrogen-bond donors (Lipinski definition) is 1. The van der Waals surface area contributed by atoms with Crippen LogP contribution in [-0.4, -0.2) is 23.8 Å². The highest BCUT2D eigenvalue weighted by molar-refractivity contribution is 6.03. The lowest BCUT2D eigenvalue weighted by atomic mass is 10.2. The molecule has 0 aliphatic carbocycles. The van der Waals surface area contributed by atoms with E-state index in [0.29, 0.717) is 11.4 Å². The molecular formula is C18H17N3O4. The Labute approximate surface area is 144 Å². The van der Waals surface area contributed by atoms with Gasteiger partial charge in [-0.3, -0.25) is 19.7 Å². The minimum absolute atomic E-state index is 0.0283. The molecule has 7 nitrogen and oxygen atoms in total. The van der Waals surface area contributed by atoms with Gasteiger partial charge in [0.1, 0.15) is 0 Å². The van der Waals surface area contributed by atoms with E-state index in [1.165, 1.54) is 42.2 Å². The first-order chi connectivity index (χ1) is 11.9. The van der Waals surface area contributed by atoms with Crippen LogP contribution in [0.4, 0.5) is 17.1 Å². The number of likely N-dealkylation sites (N-methyl/N-ethyl adjacent to an activating group) is 1. The summed E-state index contributed by atoms with van der Waals surface area (Å²) in [5.41, 5.74) is 2.01. The number of carbonyl (C=O) groups excluding carboxylic acids is 2. The average Bonchev–Trinajstić information content (AvgIpc) is 2.59. The minimum Gasteiger partial charge on any atom is -0.326 e. The molecule has 0 saturated heterocycles. The maximum absolute atomic E-state index is 12.2. The van der Waals surface area contributed by atoms with Crippen LogP contribution in [0, 0.1) is 10.1 Å². The van der Waals surface area contributed by atoms with Gasteiger partial charge in [-0.25, -0.2) is 0 Å². The Morgan fingerprint density at radius 3 is 2.20 bits per heavy atom. The van der Waals surface area contributed by atoms with E-state index in [2.05, 4.69) is 5.32 Å². The van der Waals surface area contributed by atoms with Gasteiger partial charge < -0.3 is 10.2 Å². The van der Waals surface area contributed by atoms with Crippen LogP contribution in [0.2, 0.25) is 0 Å². The van der Waals surface area contributed by atoms with E-state index in [-0.39, 0.29) is 17.5 Å². The topological polar surface area (TPSA) is 92.6 Å². The van der Waals surface area contributed by atoms with Crippen LogP contribution in [0.1, 0.15) is 12.5 Å². The lowest BCUT2D eigenvalue weighted by molar-refractivity contribution is -0.384. The second-order valence-electron chi connectivity index (χ2n) is 5.31. The van der Waals surface area contributed by atoms with Crippen molar-refractivity contribution in [3.8, 4) is 0 Å². The molecule has 0 aromatic heterocycles. The van der Waals surface area contributed by atoms with Crippen LogP contribution in [0.5, 0.6) is 0 Å². The fourth-order valence-electron chi connectivity index (χ4n) is 2.09. The molecular weight excluding hydrogens is 322 g/mol. The number of nitro benzene ring substituents is 1. The third kappa shape index (κ3) is 5.00. The van der Waals surface area contributed by atoms with Gasteiger partial charge in [0, 0.05) is 43.6 Å². The van der Waals surface area contributed by atoms with Crippen LogP contribution < -0.4 is 10.2 Å². The highest BCUT2D eigenvalue weighted by atomic mass is 16.6. The zero-order valence-electron chi connectivity index (χ0n) is 13.8. The smallest absolute Gasteiger partial charge is 0.269 e. The molecule has 25 heavy (non-hydrogen) atoms. The molecule has 2 aromatic carbocycles. The molecule has 0 saturated carbocycles. The molecule has 0 radical (unpaired) electrons. The highest BCUT2D eigenvalue weighted by Gasteiger charge is 2.10. The molecule has 0 heterocycles. The van der Waals surface area contributed by atoms with Gasteiger partial charge >= 0.3 is 0 Å². The van der Waals surface area contributed by atoms with Crippen molar-refractivity contribution >= 4 is 35.0 Å². The first-order valence-corrected chi connectivity index (χ1v) is 7.44. The largest absolute Gasteiger partial charge is 0.326 e. The average molecular weight is 339 g/mol. The standard InChI is InChI=1S/C18H17N3O4/c1-13(22)19-15-6-3-14(4-7-15)5-12-18(23)20(2)16-8-10-17(11-9-16)21(24)25/h3-12H,1-2H3,(H,19,22)/b12-5+. The lowest BCUT2D eigenvalue weighted by Gasteiger charge is -2.14. The maximum atomic E-state index is 12.2. The number of carbonyl (C=O) groups is 2. The van der Waals surface area contributed by atoms with Gasteiger partial charge in [0.05, 0.1) is 4.92 Å². The first-order valence-electron chi connectivity index (χ1n) is 7.44. The molecule has 0 bridgehead atoms. The number of nitrogens with one attached hydrogen (secondary N) is 1. The number of nitrogens with zero attached hydrogens (tertiary/aromatic N) is 2. The Balaban J connectivity index is 2.03. The second-order valence-corrected chi connectivity index (χ2v) is 5.31. The minimum atomic E-state index is -0.490. The molecule has 0 unspecified atom stereocenters. The number of anilines is 2. The van der Waals surface area contributed by atoms with Crippen molar-refractivity contribution < 1.29 is 14.5 Å². The number of hydrogen-bond acceptors (Lipinski definition) is 4. The third-order valence-corrected chi connectivity index (χ3v) is 3.43. The number of amides is 2. The SMILES string of the molecule is CC(=O)Nc1ccc(/C=C/C(=O)N(C)c2ccc([N+](=O)[O-])cc2)cc1. The predicted octanol–water partition coefficient (Wildman–Crippen LogP) is 3.23. The van der Waals surface area contributed by atoms with Crippen LogP contribution in [-0.2, 0) is 9.59 Å². The molecule has 2 aromatic rings. The van der Waals surface area contributed by atoms with Crippen molar-refractivity contribution in [1.29, 1.82) is 0 Å². The van der Waals surface area contributed by atoms with Crippen molar-refractivity contribution in [2.24, 2.45) is 0 Å². The molecule has 0 atom stereocenters. The van der Waals surface area contributed by atoms with E-state index < -0.39 is 4.92 Å². The molecule has 2 amide bonds. The van der Waals surface area contributed by atoms with Crippen molar-refractivity contribution in [2.45, 2.75) is 6.92 Å². The third-order valence-electron chi connectivity index (χ3n) is 3.43. The molecule has 0 spiro atoms. The molecule has 7 heteroatoms. The predicted molar refractivity (Wildman–Crippen MR) is 96.3 cm³/mol. The maximum Gasteiger partial charge on any atom is 0.269 e. The van der Waals surface area contributed by atoms with E-state index in [9.17, 15) is 19.7 Å². The zero-order valence-corrected chi connectivity index (χ0v) is 13.8. The van der Waals surface area contributed by atoms with Gasteiger partial charge in [0.15, 0.2) is 0 Å². The summed E-state index contributed by atoms with van der Waals surface area (Å²) >= 11 is 0. The van der Waals surface area contributed by atoms with Crippen LogP contribution in [0.15, 0.2) is 54.6 Å². The number of nitro groups is 1. The van der Waals surface area contributed by atoms with Gasteiger partial charge in [-0.15, -0.1) is 0 Å². The fourth-order valence-corrected chi connectivity index (χ4v) is 2.09. The number of benzene rings is 2. The van der Waals surface area contributed by atoms with Gasteiger partial charge in [0.25, 0.3) is 11.6 Å². The Morgan fingerprint density at radius 1 is 1.08 bits per heavy atom. The van der Waals surface area contributed by atoms with Gasteiger partial charge in [-0.1, -0.05) is 12.1 Å². The molecule has 0 fully saturated rings. The summed E-state index contributed by atoms with van der Waals surface area (Å²) in [5.74, 6) is -0.414.